The molecule has 1 aromatic rings. The van der Waals surface area contributed by atoms with Crippen molar-refractivity contribution >= 4 is 5.91 Å². The van der Waals surface area contributed by atoms with Crippen molar-refractivity contribution in [1.82, 2.24) is 20.0 Å². The van der Waals surface area contributed by atoms with Crippen LogP contribution in [0.2, 0.25) is 0 Å². The molecule has 24 heavy (non-hydrogen) atoms. The first-order valence-electron chi connectivity index (χ1n) is 8.07. The van der Waals surface area contributed by atoms with Crippen molar-refractivity contribution in [2.24, 2.45) is 7.05 Å². The predicted molar refractivity (Wildman–Crippen MR) is 89.0 cm³/mol. The molecule has 1 saturated heterocycles. The normalized spacial score (nSPS) is 21.7. The lowest BCUT2D eigenvalue weighted by Gasteiger charge is -2.42. The second kappa shape index (κ2) is 7.96. The zero-order chi connectivity index (χ0) is 17.7. The molecule has 1 atom stereocenters. The van der Waals surface area contributed by atoms with Crippen LogP contribution in [-0.4, -0.2) is 73.8 Å². The average Bonchev–Trinajstić information content (AvgIpc) is 2.81. The summed E-state index contributed by atoms with van der Waals surface area (Å²) in [4.78, 5) is 14.1. The number of rotatable bonds is 7. The molecule has 1 aliphatic rings. The van der Waals surface area contributed by atoms with Gasteiger partial charge in [0.15, 0.2) is 0 Å². The van der Waals surface area contributed by atoms with Crippen LogP contribution in [0.25, 0.3) is 0 Å². The van der Waals surface area contributed by atoms with Gasteiger partial charge in [0.25, 0.3) is 0 Å². The number of nitrogens with one attached hydrogen (secondary N) is 1. The summed E-state index contributed by atoms with van der Waals surface area (Å²) >= 11 is 0. The van der Waals surface area contributed by atoms with E-state index in [0.717, 1.165) is 23.7 Å². The highest BCUT2D eigenvalue weighted by atomic mass is 16.5. The molecule has 0 spiro atoms. The topological polar surface area (TPSA) is 77.9 Å². The van der Waals surface area contributed by atoms with E-state index in [1.807, 2.05) is 14.0 Å². The molecule has 0 radical (unpaired) electrons. The molecular formula is C16H28N4O4. The standard InChI is InChI=1S/C16H28N4O4/c1-12-13(15(23-5)19(3)18-12)9-20-6-7-24-16(10-20,11-22-4)8-14(21)17-2/h6-11H2,1-5H3,(H,17,21)/t16-/m1/s1. The Morgan fingerprint density at radius 3 is 2.83 bits per heavy atom. The molecule has 1 aromatic heterocycles. The number of morpholine rings is 1. The number of nitrogens with zero attached hydrogens (tertiary/aromatic N) is 3. The first-order valence-corrected chi connectivity index (χ1v) is 8.07. The zero-order valence-electron chi connectivity index (χ0n) is 15.2. The summed E-state index contributed by atoms with van der Waals surface area (Å²) in [6, 6.07) is 0. The van der Waals surface area contributed by atoms with Crippen molar-refractivity contribution < 1.29 is 19.0 Å². The van der Waals surface area contributed by atoms with Crippen LogP contribution in [0.1, 0.15) is 17.7 Å². The number of hydrogen-bond donors (Lipinski definition) is 1. The van der Waals surface area contributed by atoms with Gasteiger partial charge in [0.2, 0.25) is 11.8 Å². The van der Waals surface area contributed by atoms with Gasteiger partial charge in [-0.25, -0.2) is 4.68 Å². The van der Waals surface area contributed by atoms with Gasteiger partial charge in [0.1, 0.15) is 5.60 Å². The number of carbonyl (C=O) groups excluding carboxylic acids is 1. The van der Waals surface area contributed by atoms with E-state index in [4.69, 9.17) is 14.2 Å². The molecular weight excluding hydrogens is 312 g/mol. The van der Waals surface area contributed by atoms with Gasteiger partial charge in [-0.3, -0.25) is 9.69 Å². The average molecular weight is 340 g/mol. The van der Waals surface area contributed by atoms with Crippen molar-refractivity contribution in [2.45, 2.75) is 25.5 Å². The number of carbonyl (C=O) groups is 1. The van der Waals surface area contributed by atoms with Crippen molar-refractivity contribution in [3.63, 3.8) is 0 Å². The van der Waals surface area contributed by atoms with Crippen molar-refractivity contribution in [3.8, 4) is 5.88 Å². The molecule has 1 fully saturated rings. The van der Waals surface area contributed by atoms with E-state index in [-0.39, 0.29) is 12.3 Å². The molecule has 2 heterocycles. The molecule has 1 aliphatic heterocycles. The Hall–Kier alpha value is -1.64. The van der Waals surface area contributed by atoms with Gasteiger partial charge in [-0.15, -0.1) is 0 Å². The minimum atomic E-state index is -0.629. The third-order valence-electron chi connectivity index (χ3n) is 4.36. The van der Waals surface area contributed by atoms with Gasteiger partial charge < -0.3 is 19.5 Å². The highest BCUT2D eigenvalue weighted by molar-refractivity contribution is 5.76. The lowest BCUT2D eigenvalue weighted by molar-refractivity contribution is -0.156. The van der Waals surface area contributed by atoms with E-state index < -0.39 is 5.60 Å². The molecule has 1 N–H and O–H groups in total. The van der Waals surface area contributed by atoms with Crippen LogP contribution in [0.3, 0.4) is 0 Å². The SMILES string of the molecule is CNC(=O)C[C@]1(COC)CN(Cc2c(C)nn(C)c2OC)CCO1. The van der Waals surface area contributed by atoms with E-state index in [9.17, 15) is 4.79 Å². The molecule has 2 rings (SSSR count). The Bertz CT molecular complexity index is 571. The van der Waals surface area contributed by atoms with Gasteiger partial charge in [-0.1, -0.05) is 0 Å². The summed E-state index contributed by atoms with van der Waals surface area (Å²) in [5.41, 5.74) is 1.38. The first-order chi connectivity index (χ1) is 11.4. The fourth-order valence-electron chi connectivity index (χ4n) is 3.29. The third kappa shape index (κ3) is 4.06. The smallest absolute Gasteiger partial charge is 0.222 e. The quantitative estimate of drug-likeness (QED) is 0.758. The van der Waals surface area contributed by atoms with Crippen molar-refractivity contribution in [1.29, 1.82) is 0 Å². The zero-order valence-corrected chi connectivity index (χ0v) is 15.2. The minimum Gasteiger partial charge on any atom is -0.481 e. The van der Waals surface area contributed by atoms with Crippen LogP contribution < -0.4 is 10.1 Å². The Morgan fingerprint density at radius 1 is 1.46 bits per heavy atom. The molecule has 8 heteroatoms. The van der Waals surface area contributed by atoms with Crippen molar-refractivity contribution in [3.05, 3.63) is 11.3 Å². The maximum Gasteiger partial charge on any atom is 0.222 e. The molecule has 0 aliphatic carbocycles. The van der Waals surface area contributed by atoms with Gasteiger partial charge in [-0.05, 0) is 6.92 Å². The minimum absolute atomic E-state index is 0.0518. The van der Waals surface area contributed by atoms with Crippen LogP contribution in [0.15, 0.2) is 0 Å². The first kappa shape index (κ1) is 18.7. The molecule has 8 nitrogen and oxygen atoms in total. The molecule has 1 amide bonds. The van der Waals surface area contributed by atoms with Crippen LogP contribution in [-0.2, 0) is 27.9 Å². The molecule has 0 unspecified atom stereocenters. The Balaban J connectivity index is 2.15. The van der Waals surface area contributed by atoms with Crippen molar-refractivity contribution in [2.75, 3.05) is 47.6 Å². The summed E-state index contributed by atoms with van der Waals surface area (Å²) < 4.78 is 18.5. The Labute approximate surface area is 143 Å². The molecule has 0 bridgehead atoms. The van der Waals surface area contributed by atoms with Crippen LogP contribution in [0.4, 0.5) is 0 Å². The lowest BCUT2D eigenvalue weighted by atomic mass is 9.97. The number of aromatic nitrogens is 2. The summed E-state index contributed by atoms with van der Waals surface area (Å²) in [5, 5.41) is 7.09. The number of ether oxygens (including phenoxy) is 3. The number of amides is 1. The number of hydrogen-bond acceptors (Lipinski definition) is 6. The van der Waals surface area contributed by atoms with Gasteiger partial charge >= 0.3 is 0 Å². The highest BCUT2D eigenvalue weighted by Gasteiger charge is 2.39. The van der Waals surface area contributed by atoms with Crippen LogP contribution >= 0.6 is 0 Å². The summed E-state index contributed by atoms with van der Waals surface area (Å²) in [7, 11) is 6.78. The largest absolute Gasteiger partial charge is 0.481 e. The monoisotopic (exact) mass is 340 g/mol. The fourth-order valence-corrected chi connectivity index (χ4v) is 3.29. The predicted octanol–water partition coefficient (Wildman–Crippen LogP) is 0.0906. The van der Waals surface area contributed by atoms with Crippen LogP contribution in [0, 0.1) is 6.92 Å². The maximum atomic E-state index is 11.9. The molecule has 0 aromatic carbocycles. The number of methoxy groups -OCH3 is 2. The van der Waals surface area contributed by atoms with E-state index in [1.54, 1.807) is 25.9 Å². The Kier molecular flexibility index (Phi) is 6.20. The molecule has 136 valence electrons. The van der Waals surface area contributed by atoms with Gasteiger partial charge in [0, 0.05) is 40.8 Å². The summed E-state index contributed by atoms with van der Waals surface area (Å²) in [6.45, 7) is 5.02. The third-order valence-corrected chi connectivity index (χ3v) is 4.36. The second-order valence-corrected chi connectivity index (χ2v) is 6.22. The van der Waals surface area contributed by atoms with Gasteiger partial charge in [0.05, 0.1) is 38.0 Å². The van der Waals surface area contributed by atoms with Gasteiger partial charge in [-0.2, -0.15) is 5.10 Å². The Morgan fingerprint density at radius 2 is 2.21 bits per heavy atom. The highest BCUT2D eigenvalue weighted by Crippen LogP contribution is 2.27. The van der Waals surface area contributed by atoms with E-state index in [0.29, 0.717) is 26.3 Å². The van der Waals surface area contributed by atoms with E-state index >= 15 is 0 Å². The van der Waals surface area contributed by atoms with E-state index in [2.05, 4.69) is 15.3 Å². The maximum absolute atomic E-state index is 11.9. The molecule has 0 saturated carbocycles. The van der Waals surface area contributed by atoms with Crippen LogP contribution in [0.5, 0.6) is 5.88 Å². The summed E-state index contributed by atoms with van der Waals surface area (Å²) in [5.74, 6) is 0.715. The summed E-state index contributed by atoms with van der Waals surface area (Å²) in [6.07, 6.45) is 0.275. The fraction of sp³-hybridized carbons (Fsp3) is 0.750. The number of aryl methyl sites for hydroxylation is 2. The lowest BCUT2D eigenvalue weighted by Crippen LogP contribution is -2.55. The second-order valence-electron chi connectivity index (χ2n) is 6.22. The van der Waals surface area contributed by atoms with E-state index in [1.165, 1.54) is 0 Å².